The summed E-state index contributed by atoms with van der Waals surface area (Å²) >= 11 is 0. The molecular weight excluding hydrogens is 288 g/mol. The summed E-state index contributed by atoms with van der Waals surface area (Å²) in [6, 6.07) is 7.65. The highest BCUT2D eigenvalue weighted by Crippen LogP contribution is 2.20. The number of carbonyl (C=O) groups is 1. The summed E-state index contributed by atoms with van der Waals surface area (Å²) in [5.74, 6) is -0.00369. The van der Waals surface area contributed by atoms with Crippen LogP contribution in [0, 0.1) is 6.92 Å². The van der Waals surface area contributed by atoms with Gasteiger partial charge in [0.2, 0.25) is 15.9 Å². The SMILES string of the molecule is CNS(=O)(=O)C[C@@H]1CCCN1C(=O)Cc1ccc(C)cc1. The smallest absolute Gasteiger partial charge is 0.227 e. The second-order valence-corrected chi connectivity index (χ2v) is 7.50. The van der Waals surface area contributed by atoms with Crippen molar-refractivity contribution in [3.63, 3.8) is 0 Å². The van der Waals surface area contributed by atoms with E-state index in [9.17, 15) is 13.2 Å². The van der Waals surface area contributed by atoms with Gasteiger partial charge in [-0.1, -0.05) is 29.8 Å². The van der Waals surface area contributed by atoms with Gasteiger partial charge in [0.05, 0.1) is 12.2 Å². The molecule has 1 N–H and O–H groups in total. The zero-order valence-corrected chi connectivity index (χ0v) is 13.3. The molecule has 5 nitrogen and oxygen atoms in total. The number of aryl methyl sites for hydroxylation is 1. The third kappa shape index (κ3) is 4.28. The number of rotatable bonds is 5. The summed E-state index contributed by atoms with van der Waals surface area (Å²) in [5.41, 5.74) is 2.12. The molecule has 0 radical (unpaired) electrons. The average Bonchev–Trinajstić information content (AvgIpc) is 2.89. The molecule has 1 aromatic carbocycles. The number of sulfonamides is 1. The highest BCUT2D eigenvalue weighted by Gasteiger charge is 2.31. The van der Waals surface area contributed by atoms with Crippen LogP contribution in [0.3, 0.4) is 0 Å². The molecule has 1 saturated heterocycles. The van der Waals surface area contributed by atoms with Gasteiger partial charge >= 0.3 is 0 Å². The molecule has 0 saturated carbocycles. The first-order valence-corrected chi connectivity index (χ1v) is 8.83. The van der Waals surface area contributed by atoms with Crippen LogP contribution in [-0.4, -0.2) is 44.6 Å². The molecule has 1 atom stereocenters. The van der Waals surface area contributed by atoms with E-state index in [0.29, 0.717) is 13.0 Å². The van der Waals surface area contributed by atoms with Crippen LogP contribution >= 0.6 is 0 Å². The first-order chi connectivity index (χ1) is 9.91. The molecule has 1 aliphatic rings. The fraction of sp³-hybridized carbons (Fsp3) is 0.533. The van der Waals surface area contributed by atoms with Crippen molar-refractivity contribution >= 4 is 15.9 Å². The van der Waals surface area contributed by atoms with Crippen LogP contribution in [0.25, 0.3) is 0 Å². The summed E-state index contributed by atoms with van der Waals surface area (Å²) in [6.45, 7) is 2.65. The van der Waals surface area contributed by atoms with E-state index >= 15 is 0 Å². The molecule has 1 aromatic rings. The third-order valence-corrected chi connectivity index (χ3v) is 5.34. The zero-order valence-electron chi connectivity index (χ0n) is 12.5. The van der Waals surface area contributed by atoms with Crippen molar-refractivity contribution in [2.24, 2.45) is 0 Å². The van der Waals surface area contributed by atoms with Crippen molar-refractivity contribution < 1.29 is 13.2 Å². The number of amides is 1. The highest BCUT2D eigenvalue weighted by atomic mass is 32.2. The Morgan fingerprint density at radius 1 is 1.33 bits per heavy atom. The molecule has 2 rings (SSSR count). The van der Waals surface area contributed by atoms with Crippen LogP contribution in [0.15, 0.2) is 24.3 Å². The van der Waals surface area contributed by atoms with Crippen molar-refractivity contribution in [2.75, 3.05) is 19.3 Å². The van der Waals surface area contributed by atoms with Crippen molar-refractivity contribution in [2.45, 2.75) is 32.2 Å². The maximum Gasteiger partial charge on any atom is 0.227 e. The standard InChI is InChI=1S/C15H22N2O3S/c1-12-5-7-13(8-6-12)10-15(18)17-9-3-4-14(17)11-21(19,20)16-2/h5-8,14,16H,3-4,9-11H2,1-2H3/t14-/m0/s1. The molecule has 0 spiro atoms. The second-order valence-electron chi connectivity index (χ2n) is 5.53. The quantitative estimate of drug-likeness (QED) is 0.885. The largest absolute Gasteiger partial charge is 0.338 e. The Labute approximate surface area is 126 Å². The average molecular weight is 310 g/mol. The number of carbonyl (C=O) groups excluding carboxylic acids is 1. The number of hydrogen-bond acceptors (Lipinski definition) is 3. The Hall–Kier alpha value is -1.40. The number of likely N-dealkylation sites (tertiary alicyclic amines) is 1. The molecule has 1 amide bonds. The van der Waals surface area contributed by atoms with Crippen molar-refractivity contribution in [3.05, 3.63) is 35.4 Å². The Morgan fingerprint density at radius 3 is 2.62 bits per heavy atom. The molecule has 0 unspecified atom stereocenters. The third-order valence-electron chi connectivity index (χ3n) is 3.90. The highest BCUT2D eigenvalue weighted by molar-refractivity contribution is 7.89. The molecule has 116 valence electrons. The first-order valence-electron chi connectivity index (χ1n) is 7.17. The molecule has 1 aliphatic heterocycles. The van der Waals surface area contributed by atoms with E-state index in [2.05, 4.69) is 4.72 Å². The summed E-state index contributed by atoms with van der Waals surface area (Å²) in [4.78, 5) is 14.1. The maximum atomic E-state index is 12.4. The lowest BCUT2D eigenvalue weighted by Crippen LogP contribution is -2.42. The van der Waals surface area contributed by atoms with Crippen LogP contribution in [0.4, 0.5) is 0 Å². The molecule has 1 fully saturated rings. The minimum Gasteiger partial charge on any atom is -0.338 e. The van der Waals surface area contributed by atoms with E-state index < -0.39 is 10.0 Å². The van der Waals surface area contributed by atoms with Crippen LogP contribution in [-0.2, 0) is 21.2 Å². The Morgan fingerprint density at radius 2 is 2.00 bits per heavy atom. The van der Waals surface area contributed by atoms with Gasteiger partial charge in [0.25, 0.3) is 0 Å². The van der Waals surface area contributed by atoms with E-state index in [-0.39, 0.29) is 17.7 Å². The lowest BCUT2D eigenvalue weighted by molar-refractivity contribution is -0.130. The molecule has 1 heterocycles. The van der Waals surface area contributed by atoms with Gasteiger partial charge in [-0.25, -0.2) is 13.1 Å². The fourth-order valence-electron chi connectivity index (χ4n) is 2.66. The number of benzene rings is 1. The summed E-state index contributed by atoms with van der Waals surface area (Å²) in [6.07, 6.45) is 1.94. The van der Waals surface area contributed by atoms with Crippen molar-refractivity contribution in [1.82, 2.24) is 9.62 Å². The normalized spacial score (nSPS) is 19.0. The van der Waals surface area contributed by atoms with Gasteiger partial charge in [-0.15, -0.1) is 0 Å². The first kappa shape index (κ1) is 16.0. The lowest BCUT2D eigenvalue weighted by Gasteiger charge is -2.24. The second kappa shape index (κ2) is 6.58. The Kier molecular flexibility index (Phi) is 5.00. The minimum atomic E-state index is -3.29. The van der Waals surface area contributed by atoms with Crippen LogP contribution in [0.5, 0.6) is 0 Å². The van der Waals surface area contributed by atoms with Gasteiger partial charge < -0.3 is 4.90 Å². The molecular formula is C15H22N2O3S. The van der Waals surface area contributed by atoms with Crippen molar-refractivity contribution in [1.29, 1.82) is 0 Å². The molecule has 0 aliphatic carbocycles. The van der Waals surface area contributed by atoms with Gasteiger partial charge in [-0.3, -0.25) is 4.79 Å². The van der Waals surface area contributed by atoms with Gasteiger partial charge in [0.15, 0.2) is 0 Å². The molecule has 6 heteroatoms. The molecule has 21 heavy (non-hydrogen) atoms. The summed E-state index contributed by atoms with van der Waals surface area (Å²) < 4.78 is 25.7. The number of hydrogen-bond donors (Lipinski definition) is 1. The predicted octanol–water partition coefficient (Wildman–Crippen LogP) is 1.08. The van der Waals surface area contributed by atoms with Crippen LogP contribution < -0.4 is 4.72 Å². The predicted molar refractivity (Wildman–Crippen MR) is 82.5 cm³/mol. The van der Waals surface area contributed by atoms with Gasteiger partial charge in [-0.2, -0.15) is 0 Å². The monoisotopic (exact) mass is 310 g/mol. The van der Waals surface area contributed by atoms with Crippen LogP contribution in [0.1, 0.15) is 24.0 Å². The molecule has 0 aromatic heterocycles. The van der Waals surface area contributed by atoms with Gasteiger partial charge in [-0.05, 0) is 32.4 Å². The van der Waals surface area contributed by atoms with E-state index in [4.69, 9.17) is 0 Å². The molecule has 0 bridgehead atoms. The lowest BCUT2D eigenvalue weighted by atomic mass is 10.1. The maximum absolute atomic E-state index is 12.4. The topological polar surface area (TPSA) is 66.5 Å². The minimum absolute atomic E-state index is 0.00709. The van der Waals surface area contributed by atoms with E-state index in [1.54, 1.807) is 4.90 Å². The fourth-order valence-corrected chi connectivity index (χ4v) is 3.68. The van der Waals surface area contributed by atoms with Crippen LogP contribution in [0.2, 0.25) is 0 Å². The number of nitrogens with zero attached hydrogens (tertiary/aromatic N) is 1. The summed E-state index contributed by atoms with van der Waals surface area (Å²) in [5, 5.41) is 0. The number of nitrogens with one attached hydrogen (secondary N) is 1. The van der Waals surface area contributed by atoms with E-state index in [1.165, 1.54) is 7.05 Å². The van der Waals surface area contributed by atoms with Crippen molar-refractivity contribution in [3.8, 4) is 0 Å². The van der Waals surface area contributed by atoms with Gasteiger partial charge in [0.1, 0.15) is 0 Å². The van der Waals surface area contributed by atoms with E-state index in [1.807, 2.05) is 31.2 Å². The van der Waals surface area contributed by atoms with E-state index in [0.717, 1.165) is 24.0 Å². The summed E-state index contributed by atoms with van der Waals surface area (Å²) in [7, 11) is -1.89. The Balaban J connectivity index is 2.02. The zero-order chi connectivity index (χ0) is 15.5. The van der Waals surface area contributed by atoms with Gasteiger partial charge in [0, 0.05) is 12.6 Å². The Bertz CT molecular complexity index is 596.